The average Bonchev–Trinajstić information content (AvgIpc) is 3.01. The van der Waals surface area contributed by atoms with Crippen LogP contribution in [0.25, 0.3) is 6.08 Å². The molecule has 1 aliphatic rings. The lowest BCUT2D eigenvalue weighted by Gasteiger charge is -2.25. The van der Waals surface area contributed by atoms with Crippen LogP contribution in [0.2, 0.25) is 0 Å². The highest BCUT2D eigenvalue weighted by Crippen LogP contribution is 2.31. The number of thiophene rings is 1. The number of carbonyl (C=O) groups is 2. The van der Waals surface area contributed by atoms with Crippen molar-refractivity contribution in [1.82, 2.24) is 4.90 Å². The van der Waals surface area contributed by atoms with Gasteiger partial charge in [-0.3, -0.25) is 4.79 Å². The van der Waals surface area contributed by atoms with Crippen LogP contribution in [0.3, 0.4) is 0 Å². The highest BCUT2D eigenvalue weighted by Gasteiger charge is 2.39. The van der Waals surface area contributed by atoms with Gasteiger partial charge in [0.2, 0.25) is 5.91 Å². The number of aryl methyl sites for hydroxylation is 1. The fourth-order valence-electron chi connectivity index (χ4n) is 2.15. The summed E-state index contributed by atoms with van der Waals surface area (Å²) in [5.74, 6) is -0.685. The number of carboxylic acid groups (broad SMARTS) is 1. The molecule has 1 fully saturated rings. The highest BCUT2D eigenvalue weighted by molar-refractivity contribution is 8.00. The molecule has 0 aliphatic carbocycles. The van der Waals surface area contributed by atoms with E-state index >= 15 is 0 Å². The summed E-state index contributed by atoms with van der Waals surface area (Å²) in [6.45, 7) is 3.95. The molecule has 20 heavy (non-hydrogen) atoms. The molecule has 1 aromatic rings. The van der Waals surface area contributed by atoms with E-state index in [1.54, 1.807) is 17.4 Å². The number of carboxylic acids is 1. The van der Waals surface area contributed by atoms with E-state index in [0.29, 0.717) is 5.75 Å². The lowest BCUT2D eigenvalue weighted by Crippen LogP contribution is -2.44. The molecule has 0 saturated carbocycles. The summed E-state index contributed by atoms with van der Waals surface area (Å²) in [6.07, 6.45) is 4.02. The first-order valence-electron chi connectivity index (χ1n) is 6.43. The van der Waals surface area contributed by atoms with E-state index in [0.717, 1.165) is 16.9 Å². The minimum atomic E-state index is -0.928. The van der Waals surface area contributed by atoms with E-state index in [9.17, 15) is 14.7 Å². The molecule has 108 valence electrons. The molecule has 1 saturated heterocycles. The van der Waals surface area contributed by atoms with Crippen molar-refractivity contribution < 1.29 is 14.7 Å². The van der Waals surface area contributed by atoms with Crippen molar-refractivity contribution in [1.29, 1.82) is 0 Å². The molecule has 0 radical (unpaired) electrons. The van der Waals surface area contributed by atoms with Crippen LogP contribution in [0.15, 0.2) is 17.5 Å². The number of thioether (sulfide) groups is 1. The van der Waals surface area contributed by atoms with Crippen molar-refractivity contribution in [3.8, 4) is 0 Å². The Bertz CT molecular complexity index is 538. The van der Waals surface area contributed by atoms with Gasteiger partial charge in [-0.2, -0.15) is 0 Å². The van der Waals surface area contributed by atoms with Crippen LogP contribution >= 0.6 is 23.1 Å². The van der Waals surface area contributed by atoms with Gasteiger partial charge in [0.05, 0.1) is 5.37 Å². The molecule has 2 unspecified atom stereocenters. The summed E-state index contributed by atoms with van der Waals surface area (Å²) in [7, 11) is 0. The van der Waals surface area contributed by atoms with Gasteiger partial charge in [0.15, 0.2) is 0 Å². The first-order chi connectivity index (χ1) is 9.54. The van der Waals surface area contributed by atoms with Crippen molar-refractivity contribution in [3.05, 3.63) is 28.0 Å². The second-order valence-electron chi connectivity index (χ2n) is 4.60. The van der Waals surface area contributed by atoms with Gasteiger partial charge in [-0.15, -0.1) is 23.1 Å². The van der Waals surface area contributed by atoms with Gasteiger partial charge >= 0.3 is 5.97 Å². The Labute approximate surface area is 126 Å². The summed E-state index contributed by atoms with van der Waals surface area (Å²) < 4.78 is 0. The third kappa shape index (κ3) is 3.07. The summed E-state index contributed by atoms with van der Waals surface area (Å²) in [4.78, 5) is 26.1. The minimum absolute atomic E-state index is 0.0438. The van der Waals surface area contributed by atoms with Crippen LogP contribution in [0.5, 0.6) is 0 Å². The summed E-state index contributed by atoms with van der Waals surface area (Å²) >= 11 is 3.10. The molecule has 1 amide bonds. The SMILES string of the molecule is CCC1SCC(C(=O)O)N1C(=O)C=Cc1sccc1C. The summed E-state index contributed by atoms with van der Waals surface area (Å²) in [5.41, 5.74) is 1.12. The fourth-order valence-corrected chi connectivity index (χ4v) is 4.33. The Balaban J connectivity index is 2.15. The lowest BCUT2D eigenvalue weighted by molar-refractivity contribution is -0.147. The molecule has 2 atom stereocenters. The van der Waals surface area contributed by atoms with Gasteiger partial charge in [0.1, 0.15) is 6.04 Å². The highest BCUT2D eigenvalue weighted by atomic mass is 32.2. The largest absolute Gasteiger partial charge is 0.480 e. The Morgan fingerprint density at radius 2 is 2.30 bits per heavy atom. The van der Waals surface area contributed by atoms with Gasteiger partial charge in [-0.1, -0.05) is 6.92 Å². The molecule has 1 N–H and O–H groups in total. The Hall–Kier alpha value is -1.27. The molecule has 1 aromatic heterocycles. The van der Waals surface area contributed by atoms with Crippen LogP contribution in [0, 0.1) is 6.92 Å². The zero-order valence-electron chi connectivity index (χ0n) is 11.4. The predicted molar refractivity (Wildman–Crippen MR) is 82.9 cm³/mol. The number of rotatable bonds is 4. The topological polar surface area (TPSA) is 57.6 Å². The molecular weight excluding hydrogens is 294 g/mol. The Kier molecular flexibility index (Phi) is 4.88. The van der Waals surface area contributed by atoms with Crippen molar-refractivity contribution in [2.24, 2.45) is 0 Å². The van der Waals surface area contributed by atoms with Crippen LogP contribution in [-0.4, -0.2) is 39.1 Å². The van der Waals surface area contributed by atoms with E-state index in [2.05, 4.69) is 0 Å². The number of hydrogen-bond donors (Lipinski definition) is 1. The maximum absolute atomic E-state index is 12.3. The smallest absolute Gasteiger partial charge is 0.327 e. The number of amides is 1. The molecule has 4 nitrogen and oxygen atoms in total. The third-order valence-electron chi connectivity index (χ3n) is 3.26. The lowest BCUT2D eigenvalue weighted by atomic mass is 10.2. The zero-order valence-corrected chi connectivity index (χ0v) is 13.0. The van der Waals surface area contributed by atoms with Crippen molar-refractivity contribution in [3.63, 3.8) is 0 Å². The quantitative estimate of drug-likeness (QED) is 0.869. The van der Waals surface area contributed by atoms with Crippen LogP contribution in [-0.2, 0) is 9.59 Å². The molecular formula is C14H17NO3S2. The summed E-state index contributed by atoms with van der Waals surface area (Å²) in [6, 6.07) is 1.28. The van der Waals surface area contributed by atoms with E-state index in [4.69, 9.17) is 0 Å². The van der Waals surface area contributed by atoms with Gasteiger partial charge < -0.3 is 10.0 Å². The van der Waals surface area contributed by atoms with Crippen molar-refractivity contribution in [2.45, 2.75) is 31.7 Å². The van der Waals surface area contributed by atoms with Gasteiger partial charge in [0.25, 0.3) is 0 Å². The summed E-state index contributed by atoms with van der Waals surface area (Å²) in [5, 5.41) is 11.1. The molecule has 2 rings (SSSR count). The number of hydrogen-bond acceptors (Lipinski definition) is 4. The number of nitrogens with zero attached hydrogens (tertiary/aromatic N) is 1. The second-order valence-corrected chi connectivity index (χ2v) is 6.76. The van der Waals surface area contributed by atoms with Crippen LogP contribution < -0.4 is 0 Å². The Morgan fingerprint density at radius 1 is 1.55 bits per heavy atom. The van der Waals surface area contributed by atoms with Crippen LogP contribution in [0.1, 0.15) is 23.8 Å². The predicted octanol–water partition coefficient (Wildman–Crippen LogP) is 2.83. The van der Waals surface area contributed by atoms with Gasteiger partial charge in [0, 0.05) is 16.7 Å². The number of aliphatic carboxylic acids is 1. The monoisotopic (exact) mass is 311 g/mol. The number of carbonyl (C=O) groups excluding carboxylic acids is 1. The molecule has 1 aliphatic heterocycles. The third-order valence-corrected chi connectivity index (χ3v) is 5.70. The average molecular weight is 311 g/mol. The van der Waals surface area contributed by atoms with Gasteiger partial charge in [-0.05, 0) is 36.4 Å². The van der Waals surface area contributed by atoms with E-state index < -0.39 is 12.0 Å². The Morgan fingerprint density at radius 3 is 2.85 bits per heavy atom. The first kappa shape index (κ1) is 15.1. The second kappa shape index (κ2) is 6.45. The van der Waals surface area contributed by atoms with E-state index in [-0.39, 0.29) is 11.3 Å². The molecule has 6 heteroatoms. The molecule has 0 spiro atoms. The minimum Gasteiger partial charge on any atom is -0.480 e. The first-order valence-corrected chi connectivity index (χ1v) is 8.36. The fraction of sp³-hybridized carbons (Fsp3) is 0.429. The van der Waals surface area contributed by atoms with Crippen molar-refractivity contribution in [2.75, 3.05) is 5.75 Å². The van der Waals surface area contributed by atoms with E-state index in [1.165, 1.54) is 22.7 Å². The maximum atomic E-state index is 12.3. The van der Waals surface area contributed by atoms with Crippen LogP contribution in [0.4, 0.5) is 0 Å². The standard InChI is InChI=1S/C14H17NO3S2/c1-3-13-15(10(8-20-13)14(17)18)12(16)5-4-11-9(2)6-7-19-11/h4-7,10,13H,3,8H2,1-2H3,(H,17,18). The maximum Gasteiger partial charge on any atom is 0.327 e. The zero-order chi connectivity index (χ0) is 14.7. The molecule has 2 heterocycles. The molecule has 0 bridgehead atoms. The molecule has 0 aromatic carbocycles. The van der Waals surface area contributed by atoms with E-state index in [1.807, 2.05) is 25.3 Å². The normalized spacial score (nSPS) is 22.6. The van der Waals surface area contributed by atoms with Gasteiger partial charge in [-0.25, -0.2) is 4.79 Å². The van der Waals surface area contributed by atoms with Crippen molar-refractivity contribution >= 4 is 41.1 Å².